The Bertz CT molecular complexity index is 3480. The van der Waals surface area contributed by atoms with Crippen LogP contribution in [0.1, 0.15) is 0 Å². The molecule has 256 valence electrons. The first-order valence-electron chi connectivity index (χ1n) is 18.6. The molecule has 12 aromatic rings. The van der Waals surface area contributed by atoms with Crippen molar-refractivity contribution in [2.75, 3.05) is 0 Å². The molecule has 8 aromatic carbocycles. The lowest BCUT2D eigenvalue weighted by Gasteiger charge is -2.12. The summed E-state index contributed by atoms with van der Waals surface area (Å²) < 4.78 is 7.29. The lowest BCUT2D eigenvalue weighted by atomic mass is 10.00. The lowest BCUT2D eigenvalue weighted by Crippen LogP contribution is -2.03. The van der Waals surface area contributed by atoms with Crippen LogP contribution in [0.4, 0.5) is 0 Å². The van der Waals surface area contributed by atoms with Crippen LogP contribution in [-0.4, -0.2) is 19.1 Å². The number of nitrogens with zero attached hydrogens (tertiary/aromatic N) is 4. The summed E-state index contributed by atoms with van der Waals surface area (Å²) in [7, 11) is 0. The largest absolute Gasteiger partial charge is 0.309 e. The van der Waals surface area contributed by atoms with Gasteiger partial charge in [-0.1, -0.05) is 121 Å². The van der Waals surface area contributed by atoms with Crippen LogP contribution in [0.15, 0.2) is 182 Å². The van der Waals surface area contributed by atoms with E-state index >= 15 is 0 Å². The van der Waals surface area contributed by atoms with Gasteiger partial charge in [-0.3, -0.25) is 4.57 Å². The third kappa shape index (κ3) is 4.51. The van der Waals surface area contributed by atoms with Crippen LogP contribution in [0.5, 0.6) is 0 Å². The van der Waals surface area contributed by atoms with Crippen molar-refractivity contribution in [3.05, 3.63) is 182 Å². The van der Waals surface area contributed by atoms with Crippen LogP contribution in [0.2, 0.25) is 0 Å². The summed E-state index contributed by atoms with van der Waals surface area (Å²) in [6.07, 6.45) is 0. The van der Waals surface area contributed by atoms with Crippen LogP contribution < -0.4 is 0 Å². The zero-order chi connectivity index (χ0) is 36.0. The first kappa shape index (κ1) is 30.4. The summed E-state index contributed by atoms with van der Waals surface area (Å²) in [5.74, 6) is 0.666. The van der Waals surface area contributed by atoms with E-state index in [-0.39, 0.29) is 0 Å². The molecule has 0 bridgehead atoms. The van der Waals surface area contributed by atoms with Crippen LogP contribution in [0.3, 0.4) is 0 Å². The molecule has 0 saturated heterocycles. The highest BCUT2D eigenvalue weighted by molar-refractivity contribution is 7.26. The van der Waals surface area contributed by atoms with E-state index in [0.717, 1.165) is 38.9 Å². The van der Waals surface area contributed by atoms with Gasteiger partial charge in [-0.15, -0.1) is 11.3 Å². The summed E-state index contributed by atoms with van der Waals surface area (Å²) in [4.78, 5) is 10.4. The van der Waals surface area contributed by atoms with Crippen molar-refractivity contribution in [1.82, 2.24) is 19.1 Å². The average Bonchev–Trinajstić information content (AvgIpc) is 3.91. The normalized spacial score (nSPS) is 12.0. The third-order valence-electron chi connectivity index (χ3n) is 11.1. The second-order valence-electron chi connectivity index (χ2n) is 14.2. The van der Waals surface area contributed by atoms with Crippen LogP contribution >= 0.6 is 11.3 Å². The molecule has 5 heteroatoms. The fourth-order valence-electron chi connectivity index (χ4n) is 8.67. The van der Waals surface area contributed by atoms with Crippen molar-refractivity contribution in [2.45, 2.75) is 0 Å². The summed E-state index contributed by atoms with van der Waals surface area (Å²) >= 11 is 1.89. The predicted octanol–water partition coefficient (Wildman–Crippen LogP) is 13.5. The molecule has 0 atom stereocenters. The topological polar surface area (TPSA) is 35.6 Å². The summed E-state index contributed by atoms with van der Waals surface area (Å²) in [5, 5.41) is 8.57. The molecule has 4 heterocycles. The maximum Gasteiger partial charge on any atom is 0.235 e. The smallest absolute Gasteiger partial charge is 0.235 e. The van der Waals surface area contributed by atoms with Gasteiger partial charge in [0, 0.05) is 58.4 Å². The number of para-hydroxylation sites is 3. The molecule has 0 unspecified atom stereocenters. The van der Waals surface area contributed by atoms with Gasteiger partial charge in [0.25, 0.3) is 0 Å². The molecular weight excluding hydrogens is 689 g/mol. The summed E-state index contributed by atoms with van der Waals surface area (Å²) in [5.41, 5.74) is 11.0. The van der Waals surface area contributed by atoms with Gasteiger partial charge in [-0.25, -0.2) is 9.97 Å². The van der Waals surface area contributed by atoms with Gasteiger partial charge < -0.3 is 4.57 Å². The molecule has 0 aliphatic carbocycles. The number of hydrogen-bond acceptors (Lipinski definition) is 3. The third-order valence-corrected chi connectivity index (χ3v) is 12.3. The average molecular weight is 719 g/mol. The minimum absolute atomic E-state index is 0.666. The Morgan fingerprint density at radius 1 is 0.382 bits per heavy atom. The van der Waals surface area contributed by atoms with Gasteiger partial charge in [-0.05, 0) is 71.8 Å². The monoisotopic (exact) mass is 718 g/mol. The van der Waals surface area contributed by atoms with Crippen molar-refractivity contribution in [3.8, 4) is 34.0 Å². The van der Waals surface area contributed by atoms with Crippen molar-refractivity contribution in [3.63, 3.8) is 0 Å². The van der Waals surface area contributed by atoms with Gasteiger partial charge >= 0.3 is 0 Å². The van der Waals surface area contributed by atoms with E-state index in [1.807, 2.05) is 23.5 Å². The minimum Gasteiger partial charge on any atom is -0.309 e. The minimum atomic E-state index is 0.666. The van der Waals surface area contributed by atoms with E-state index in [1.165, 1.54) is 63.9 Å². The van der Waals surface area contributed by atoms with E-state index < -0.39 is 0 Å². The molecule has 0 spiro atoms. The summed E-state index contributed by atoms with van der Waals surface area (Å²) in [6, 6.07) is 65.3. The highest BCUT2D eigenvalue weighted by Gasteiger charge is 2.20. The number of benzene rings is 8. The molecule has 4 aromatic heterocycles. The molecule has 0 aliphatic heterocycles. The number of fused-ring (bicyclic) bond motifs is 11. The Balaban J connectivity index is 1.09. The Hall–Kier alpha value is -7.08. The number of hydrogen-bond donors (Lipinski definition) is 0. The van der Waals surface area contributed by atoms with Crippen molar-refractivity contribution in [1.29, 1.82) is 0 Å². The van der Waals surface area contributed by atoms with Crippen LogP contribution in [0, 0.1) is 0 Å². The maximum absolute atomic E-state index is 5.28. The molecule has 0 fully saturated rings. The Kier molecular flexibility index (Phi) is 6.47. The molecule has 0 amide bonds. The number of aromatic nitrogens is 4. The molecule has 4 nitrogen and oxygen atoms in total. The van der Waals surface area contributed by atoms with Gasteiger partial charge in [0.15, 0.2) is 0 Å². The van der Waals surface area contributed by atoms with Gasteiger partial charge in [0.1, 0.15) is 0 Å². The zero-order valence-corrected chi connectivity index (χ0v) is 30.3. The molecule has 12 rings (SSSR count). The molecule has 0 radical (unpaired) electrons. The van der Waals surface area contributed by atoms with Gasteiger partial charge in [-0.2, -0.15) is 0 Å². The maximum atomic E-state index is 5.28. The SMILES string of the molecule is c1ccc(-c2nc(-n3c4ccccc4c4cc(-c5ccc6c(c5)c5c7sc8ccccc8c7ccc5n6-c5ccccc5)ccc43)nc3ccccc23)cc1. The van der Waals surface area contributed by atoms with Crippen molar-refractivity contribution < 1.29 is 0 Å². The Morgan fingerprint density at radius 3 is 1.82 bits per heavy atom. The predicted molar refractivity (Wildman–Crippen MR) is 232 cm³/mol. The second-order valence-corrected chi connectivity index (χ2v) is 15.2. The number of thiophene rings is 1. The van der Waals surface area contributed by atoms with Gasteiger partial charge in [0.2, 0.25) is 5.95 Å². The second kappa shape index (κ2) is 11.7. The molecule has 0 saturated carbocycles. The van der Waals surface area contributed by atoms with Crippen LogP contribution in [-0.2, 0) is 0 Å². The zero-order valence-electron chi connectivity index (χ0n) is 29.5. The first-order valence-corrected chi connectivity index (χ1v) is 19.4. The molecule has 55 heavy (non-hydrogen) atoms. The number of rotatable bonds is 4. The van der Waals surface area contributed by atoms with E-state index in [0.29, 0.717) is 5.95 Å². The van der Waals surface area contributed by atoms with Crippen molar-refractivity contribution in [2.24, 2.45) is 0 Å². The standard InChI is InChI=1S/C50H30N4S/c1-3-13-31(14-4-1)48-38-19-7-10-20-41(38)51-50(52-48)54-42-21-11-8-17-35(42)39-29-32(23-26-43(39)54)33-24-27-44-40(30-33)47-45(53(44)34-15-5-2-6-16-34)28-25-37-36-18-9-12-22-46(36)55-49(37)47/h1-30H. The van der Waals surface area contributed by atoms with Crippen LogP contribution in [0.25, 0.3) is 109 Å². The molecular formula is C50H30N4S. The fourth-order valence-corrected chi connectivity index (χ4v) is 9.93. The molecule has 0 N–H and O–H groups in total. The van der Waals surface area contributed by atoms with Crippen molar-refractivity contribution >= 4 is 86.0 Å². The van der Waals surface area contributed by atoms with Gasteiger partial charge in [0.05, 0.1) is 33.3 Å². The van der Waals surface area contributed by atoms with E-state index in [2.05, 4.69) is 179 Å². The fraction of sp³-hybridized carbons (Fsp3) is 0. The first-order chi connectivity index (χ1) is 27.3. The highest BCUT2D eigenvalue weighted by Crippen LogP contribution is 2.44. The summed E-state index contributed by atoms with van der Waals surface area (Å²) in [6.45, 7) is 0. The van der Waals surface area contributed by atoms with E-state index in [9.17, 15) is 0 Å². The Labute approximate surface area is 319 Å². The van der Waals surface area contributed by atoms with E-state index in [1.54, 1.807) is 0 Å². The van der Waals surface area contributed by atoms with E-state index in [4.69, 9.17) is 9.97 Å². The lowest BCUT2D eigenvalue weighted by molar-refractivity contribution is 1.01. The highest BCUT2D eigenvalue weighted by atomic mass is 32.1. The quantitative estimate of drug-likeness (QED) is 0.182. The molecule has 0 aliphatic rings. The Morgan fingerprint density at radius 2 is 1.00 bits per heavy atom.